The first-order valence-corrected chi connectivity index (χ1v) is 8.69. The highest BCUT2D eigenvalue weighted by molar-refractivity contribution is 9.11. The van der Waals surface area contributed by atoms with Crippen molar-refractivity contribution in [1.82, 2.24) is 0 Å². The van der Waals surface area contributed by atoms with Crippen LogP contribution in [0.1, 0.15) is 5.56 Å². The van der Waals surface area contributed by atoms with Crippen molar-refractivity contribution in [3.05, 3.63) is 68.0 Å². The summed E-state index contributed by atoms with van der Waals surface area (Å²) in [6.07, 6.45) is 1.73. The lowest BCUT2D eigenvalue weighted by atomic mass is 10.2. The van der Waals surface area contributed by atoms with Crippen LogP contribution in [0, 0.1) is 0 Å². The van der Waals surface area contributed by atoms with Gasteiger partial charge in [0, 0.05) is 20.0 Å². The molecule has 0 aromatic heterocycles. The normalized spacial score (nSPS) is 10.2. The van der Waals surface area contributed by atoms with E-state index in [0.29, 0.717) is 6.61 Å². The summed E-state index contributed by atoms with van der Waals surface area (Å²) in [7, 11) is 0. The quantitative estimate of drug-likeness (QED) is 0.506. The van der Waals surface area contributed by atoms with Gasteiger partial charge in [-0.3, -0.25) is 0 Å². The molecule has 5 heteroatoms. The first-order chi connectivity index (χ1) is 10.1. The highest BCUT2D eigenvalue weighted by atomic mass is 79.9. The van der Waals surface area contributed by atoms with Crippen LogP contribution in [0.4, 0.5) is 5.69 Å². The van der Waals surface area contributed by atoms with Crippen LogP contribution < -0.4 is 10.1 Å². The van der Waals surface area contributed by atoms with Gasteiger partial charge in [-0.2, -0.15) is 0 Å². The molecule has 1 N–H and O–H groups in total. The van der Waals surface area contributed by atoms with Gasteiger partial charge in [-0.05, 0) is 61.7 Å². The molecule has 0 fully saturated rings. The number of ether oxygens (including phenoxy) is 1. The molecule has 0 saturated carbocycles. The maximum Gasteiger partial charge on any atom is 0.119 e. The molecule has 0 unspecified atom stereocenters. The molecule has 21 heavy (non-hydrogen) atoms. The smallest absolute Gasteiger partial charge is 0.119 e. The molecular formula is C16H14Br3NO. The predicted molar refractivity (Wildman–Crippen MR) is 99.0 cm³/mol. The summed E-state index contributed by atoms with van der Waals surface area (Å²) in [5.41, 5.74) is 2.22. The zero-order chi connectivity index (χ0) is 15.2. The minimum Gasteiger partial charge on any atom is -0.490 e. The highest BCUT2D eigenvalue weighted by Crippen LogP contribution is 2.34. The van der Waals surface area contributed by atoms with E-state index in [0.717, 1.165) is 31.4 Å². The number of hydrogen-bond acceptors (Lipinski definition) is 2. The fraction of sp³-hybridized carbons (Fsp3) is 0.125. The molecule has 0 amide bonds. The third kappa shape index (κ3) is 4.87. The molecule has 0 atom stereocenters. The van der Waals surface area contributed by atoms with E-state index < -0.39 is 0 Å². The molecule has 0 aliphatic carbocycles. The van der Waals surface area contributed by atoms with Gasteiger partial charge in [0.1, 0.15) is 12.4 Å². The molecule has 0 bridgehead atoms. The van der Waals surface area contributed by atoms with Gasteiger partial charge >= 0.3 is 0 Å². The Bertz CT molecular complexity index is 603. The van der Waals surface area contributed by atoms with Crippen molar-refractivity contribution < 1.29 is 4.74 Å². The summed E-state index contributed by atoms with van der Waals surface area (Å²) in [5.74, 6) is 0.852. The largest absolute Gasteiger partial charge is 0.490 e. The van der Waals surface area contributed by atoms with Crippen LogP contribution in [-0.4, -0.2) is 6.61 Å². The molecule has 110 valence electrons. The van der Waals surface area contributed by atoms with Gasteiger partial charge < -0.3 is 10.1 Å². The van der Waals surface area contributed by atoms with Crippen molar-refractivity contribution in [1.29, 1.82) is 0 Å². The first-order valence-electron chi connectivity index (χ1n) is 6.31. The Morgan fingerprint density at radius 2 is 1.67 bits per heavy atom. The van der Waals surface area contributed by atoms with Crippen molar-refractivity contribution in [2.24, 2.45) is 0 Å². The predicted octanol–water partition coefficient (Wildman–Crippen LogP) is 6.15. The Kier molecular flexibility index (Phi) is 6.33. The van der Waals surface area contributed by atoms with Crippen molar-refractivity contribution in [3.8, 4) is 5.75 Å². The zero-order valence-electron chi connectivity index (χ0n) is 11.2. The standard InChI is InChI=1S/C16H14Br3NO/c1-2-7-21-13-5-3-11(4-6-13)10-20-16-14(18)8-12(17)9-15(16)19/h2-6,8-9,20H,1,7,10H2. The summed E-state index contributed by atoms with van der Waals surface area (Å²) >= 11 is 10.6. The van der Waals surface area contributed by atoms with E-state index in [2.05, 4.69) is 59.7 Å². The number of anilines is 1. The number of rotatable bonds is 6. The van der Waals surface area contributed by atoms with E-state index in [9.17, 15) is 0 Å². The lowest BCUT2D eigenvalue weighted by Gasteiger charge is -2.12. The Balaban J connectivity index is 2.01. The van der Waals surface area contributed by atoms with E-state index in [1.54, 1.807) is 6.08 Å². The van der Waals surface area contributed by atoms with Crippen LogP contribution in [-0.2, 0) is 6.54 Å². The Labute approximate surface area is 150 Å². The lowest BCUT2D eigenvalue weighted by Crippen LogP contribution is -2.01. The van der Waals surface area contributed by atoms with Gasteiger partial charge in [-0.1, -0.05) is 40.7 Å². The van der Waals surface area contributed by atoms with Crippen molar-refractivity contribution in [2.75, 3.05) is 11.9 Å². The Hall–Kier alpha value is -0.780. The maximum absolute atomic E-state index is 5.47. The minimum atomic E-state index is 0.524. The summed E-state index contributed by atoms with van der Waals surface area (Å²) in [4.78, 5) is 0. The fourth-order valence-corrected chi connectivity index (χ4v) is 4.30. The second-order valence-corrected chi connectivity index (χ2v) is 6.97. The summed E-state index contributed by atoms with van der Waals surface area (Å²) in [6.45, 7) is 4.89. The van der Waals surface area contributed by atoms with Gasteiger partial charge in [-0.15, -0.1) is 0 Å². The van der Waals surface area contributed by atoms with Crippen LogP contribution in [0.5, 0.6) is 5.75 Å². The van der Waals surface area contributed by atoms with Gasteiger partial charge in [-0.25, -0.2) is 0 Å². The van der Waals surface area contributed by atoms with E-state index in [4.69, 9.17) is 4.74 Å². The van der Waals surface area contributed by atoms with Gasteiger partial charge in [0.15, 0.2) is 0 Å². The summed E-state index contributed by atoms with van der Waals surface area (Å²) < 4.78 is 8.51. The number of nitrogens with one attached hydrogen (secondary N) is 1. The molecule has 0 spiro atoms. The maximum atomic E-state index is 5.47. The van der Waals surface area contributed by atoms with Gasteiger partial charge in [0.05, 0.1) is 5.69 Å². The second-order valence-electron chi connectivity index (χ2n) is 4.34. The number of benzene rings is 2. The molecule has 2 aromatic rings. The van der Waals surface area contributed by atoms with Crippen LogP contribution >= 0.6 is 47.8 Å². The summed E-state index contributed by atoms with van der Waals surface area (Å²) in [5, 5.41) is 3.42. The minimum absolute atomic E-state index is 0.524. The van der Waals surface area contributed by atoms with Crippen molar-refractivity contribution in [3.63, 3.8) is 0 Å². The summed E-state index contributed by atoms with van der Waals surface area (Å²) in [6, 6.07) is 12.1. The van der Waals surface area contributed by atoms with Crippen molar-refractivity contribution >= 4 is 53.5 Å². The third-order valence-electron chi connectivity index (χ3n) is 2.77. The molecule has 0 aliphatic heterocycles. The lowest BCUT2D eigenvalue weighted by molar-refractivity contribution is 0.363. The number of halogens is 3. The average Bonchev–Trinajstić information content (AvgIpc) is 2.45. The van der Waals surface area contributed by atoms with Gasteiger partial charge in [0.2, 0.25) is 0 Å². The van der Waals surface area contributed by atoms with E-state index in [-0.39, 0.29) is 0 Å². The monoisotopic (exact) mass is 473 g/mol. The third-order valence-corrected chi connectivity index (χ3v) is 4.48. The average molecular weight is 476 g/mol. The van der Waals surface area contributed by atoms with Gasteiger partial charge in [0.25, 0.3) is 0 Å². The molecule has 0 aliphatic rings. The molecular weight excluding hydrogens is 462 g/mol. The van der Waals surface area contributed by atoms with Crippen molar-refractivity contribution in [2.45, 2.75) is 6.54 Å². The van der Waals surface area contributed by atoms with Crippen LogP contribution in [0.2, 0.25) is 0 Å². The molecule has 2 rings (SSSR count). The Morgan fingerprint density at radius 3 is 2.24 bits per heavy atom. The molecule has 2 nitrogen and oxygen atoms in total. The first kappa shape index (κ1) is 16.6. The molecule has 0 radical (unpaired) electrons. The fourth-order valence-electron chi connectivity index (χ4n) is 1.76. The zero-order valence-corrected chi connectivity index (χ0v) is 16.0. The molecule has 0 heterocycles. The Morgan fingerprint density at radius 1 is 1.05 bits per heavy atom. The topological polar surface area (TPSA) is 21.3 Å². The van der Waals surface area contributed by atoms with Crippen LogP contribution in [0.3, 0.4) is 0 Å². The molecule has 0 saturated heterocycles. The SMILES string of the molecule is C=CCOc1ccc(CNc2c(Br)cc(Br)cc2Br)cc1. The second kappa shape index (κ2) is 8.01. The highest BCUT2D eigenvalue weighted by Gasteiger charge is 2.06. The van der Waals surface area contributed by atoms with Crippen LogP contribution in [0.15, 0.2) is 62.5 Å². The van der Waals surface area contributed by atoms with E-state index in [1.165, 1.54) is 5.56 Å². The van der Waals surface area contributed by atoms with Crippen LogP contribution in [0.25, 0.3) is 0 Å². The molecule has 2 aromatic carbocycles. The van der Waals surface area contributed by atoms with E-state index in [1.807, 2.05) is 36.4 Å². The van der Waals surface area contributed by atoms with E-state index >= 15 is 0 Å². The number of hydrogen-bond donors (Lipinski definition) is 1.